The van der Waals surface area contributed by atoms with Gasteiger partial charge in [-0.1, -0.05) is 59.8 Å². The maximum Gasteiger partial charge on any atom is 0.346 e. The lowest BCUT2D eigenvalue weighted by Gasteiger charge is -2.13. The predicted molar refractivity (Wildman–Crippen MR) is 124 cm³/mol. The van der Waals surface area contributed by atoms with Crippen LogP contribution in [0.25, 0.3) is 10.8 Å². The molecule has 2 aromatic carbocycles. The van der Waals surface area contributed by atoms with E-state index in [1.165, 1.54) is 6.07 Å². The van der Waals surface area contributed by atoms with Crippen molar-refractivity contribution < 1.29 is 13.9 Å². The Kier molecular flexibility index (Phi) is 7.56. The summed E-state index contributed by atoms with van der Waals surface area (Å²) in [5.41, 5.74) is 12.0. The molecule has 1 atom stereocenters. The van der Waals surface area contributed by atoms with Crippen LogP contribution in [0.3, 0.4) is 0 Å². The van der Waals surface area contributed by atoms with Gasteiger partial charge in [0.15, 0.2) is 5.17 Å². The van der Waals surface area contributed by atoms with Gasteiger partial charge in [-0.25, -0.2) is 4.79 Å². The van der Waals surface area contributed by atoms with Gasteiger partial charge in [0.25, 0.3) is 0 Å². The molecule has 162 valence electrons. The van der Waals surface area contributed by atoms with Crippen molar-refractivity contribution in [2.24, 2.45) is 11.5 Å². The molecular weight excluding hydrogens is 440 g/mol. The predicted octanol–water partition coefficient (Wildman–Crippen LogP) is 2.96. The number of amides is 1. The third kappa shape index (κ3) is 6.00. The molecule has 1 aromatic heterocycles. The summed E-state index contributed by atoms with van der Waals surface area (Å²) in [5.74, 6) is -0.0756. The third-order valence-corrected chi connectivity index (χ3v) is 5.36. The second-order valence-corrected chi connectivity index (χ2v) is 8.11. The Labute approximate surface area is 187 Å². The van der Waals surface area contributed by atoms with Crippen LogP contribution in [0.5, 0.6) is 5.95 Å². The SMILES string of the molecule is N=C(N)SCCOc1oc(=O)c2cc(NC(=O)[C@H](N)Cc3ccccc3)ccc2c1Cl. The van der Waals surface area contributed by atoms with Crippen LogP contribution < -0.4 is 27.1 Å². The topological polar surface area (TPSA) is 144 Å². The van der Waals surface area contributed by atoms with E-state index in [1.54, 1.807) is 12.1 Å². The number of hydrogen-bond donors (Lipinski definition) is 4. The van der Waals surface area contributed by atoms with Crippen molar-refractivity contribution in [1.29, 1.82) is 5.41 Å². The molecule has 0 saturated carbocycles. The number of carbonyl (C=O) groups is 1. The van der Waals surface area contributed by atoms with E-state index in [2.05, 4.69) is 5.32 Å². The van der Waals surface area contributed by atoms with Crippen LogP contribution in [0.2, 0.25) is 5.02 Å². The molecule has 8 nitrogen and oxygen atoms in total. The molecule has 3 rings (SSSR count). The summed E-state index contributed by atoms with van der Waals surface area (Å²) < 4.78 is 10.6. The van der Waals surface area contributed by atoms with Crippen LogP contribution in [0.4, 0.5) is 5.69 Å². The van der Waals surface area contributed by atoms with Crippen molar-refractivity contribution in [2.75, 3.05) is 17.7 Å². The van der Waals surface area contributed by atoms with Gasteiger partial charge in [0.05, 0.1) is 11.4 Å². The maximum atomic E-state index is 12.4. The largest absolute Gasteiger partial charge is 0.463 e. The number of thioether (sulfide) groups is 1. The summed E-state index contributed by atoms with van der Waals surface area (Å²) in [5, 5.41) is 10.6. The fourth-order valence-corrected chi connectivity index (χ4v) is 3.50. The number of nitrogens with two attached hydrogens (primary N) is 2. The zero-order valence-corrected chi connectivity index (χ0v) is 18.0. The molecule has 0 aliphatic rings. The number of anilines is 1. The van der Waals surface area contributed by atoms with Crippen molar-refractivity contribution in [1.82, 2.24) is 0 Å². The van der Waals surface area contributed by atoms with Crippen LogP contribution in [-0.4, -0.2) is 29.5 Å². The Hall–Kier alpha value is -3.01. The smallest absolute Gasteiger partial charge is 0.346 e. The van der Waals surface area contributed by atoms with Gasteiger partial charge >= 0.3 is 11.6 Å². The molecule has 0 bridgehead atoms. The van der Waals surface area contributed by atoms with Crippen LogP contribution in [0, 0.1) is 5.41 Å². The fourth-order valence-electron chi connectivity index (χ4n) is 2.85. The monoisotopic (exact) mass is 460 g/mol. The molecule has 1 heterocycles. The maximum absolute atomic E-state index is 12.4. The number of fused-ring (bicyclic) bond motifs is 1. The van der Waals surface area contributed by atoms with E-state index in [9.17, 15) is 9.59 Å². The number of rotatable bonds is 8. The van der Waals surface area contributed by atoms with Crippen LogP contribution in [0.15, 0.2) is 57.7 Å². The van der Waals surface area contributed by atoms with E-state index >= 15 is 0 Å². The average Bonchev–Trinajstić information content (AvgIpc) is 2.75. The minimum absolute atomic E-state index is 0.0345. The molecule has 0 spiro atoms. The van der Waals surface area contributed by atoms with E-state index < -0.39 is 11.7 Å². The Morgan fingerprint density at radius 3 is 2.68 bits per heavy atom. The molecule has 10 heteroatoms. The molecule has 0 aliphatic heterocycles. The van der Waals surface area contributed by atoms with Crippen LogP contribution in [-0.2, 0) is 11.2 Å². The summed E-state index contributed by atoms with van der Waals surface area (Å²) in [6.07, 6.45) is 0.386. The molecule has 6 N–H and O–H groups in total. The first kappa shape index (κ1) is 22.7. The highest BCUT2D eigenvalue weighted by Crippen LogP contribution is 2.32. The van der Waals surface area contributed by atoms with E-state index in [0.29, 0.717) is 23.2 Å². The number of benzene rings is 2. The zero-order valence-electron chi connectivity index (χ0n) is 16.4. The quantitative estimate of drug-likeness (QED) is 0.230. The lowest BCUT2D eigenvalue weighted by atomic mass is 10.1. The first-order valence-electron chi connectivity index (χ1n) is 9.31. The molecule has 0 aliphatic carbocycles. The number of hydrogen-bond acceptors (Lipinski definition) is 7. The van der Waals surface area contributed by atoms with Gasteiger partial charge in [-0.05, 0) is 24.1 Å². The van der Waals surface area contributed by atoms with Crippen LogP contribution >= 0.6 is 23.4 Å². The molecule has 3 aromatic rings. The number of carbonyl (C=O) groups excluding carboxylic acids is 1. The standard InChI is InChI=1S/C21H21ClN4O4S/c22-17-14-7-6-13(26-18(27)16(23)10-12-4-2-1-3-5-12)11-15(14)19(28)30-20(17)29-8-9-31-21(24)25/h1-7,11,16H,8-10,23H2,(H3,24,25)(H,26,27)/t16-/m1/s1. The number of amidine groups is 1. The second-order valence-electron chi connectivity index (χ2n) is 6.60. The van der Waals surface area contributed by atoms with Crippen molar-refractivity contribution in [3.8, 4) is 5.95 Å². The van der Waals surface area contributed by atoms with Crippen molar-refractivity contribution in [3.05, 3.63) is 69.5 Å². The van der Waals surface area contributed by atoms with Crippen LogP contribution in [0.1, 0.15) is 5.56 Å². The Morgan fingerprint density at radius 1 is 1.23 bits per heavy atom. The number of nitrogens with one attached hydrogen (secondary N) is 2. The Morgan fingerprint density at radius 2 is 1.97 bits per heavy atom. The molecular formula is C21H21ClN4O4S. The molecule has 0 saturated heterocycles. The summed E-state index contributed by atoms with van der Waals surface area (Å²) >= 11 is 7.41. The van der Waals surface area contributed by atoms with Gasteiger partial charge < -0.3 is 25.9 Å². The summed E-state index contributed by atoms with van der Waals surface area (Å²) in [7, 11) is 0. The average molecular weight is 461 g/mol. The summed E-state index contributed by atoms with van der Waals surface area (Å²) in [4.78, 5) is 24.8. The molecule has 0 radical (unpaired) electrons. The van der Waals surface area contributed by atoms with E-state index in [-0.39, 0.29) is 34.0 Å². The van der Waals surface area contributed by atoms with Crippen molar-refractivity contribution >= 4 is 50.9 Å². The highest BCUT2D eigenvalue weighted by molar-refractivity contribution is 8.13. The summed E-state index contributed by atoms with van der Waals surface area (Å²) in [6, 6.07) is 13.4. The Balaban J connectivity index is 1.72. The van der Waals surface area contributed by atoms with Gasteiger partial charge in [0.1, 0.15) is 11.6 Å². The second kappa shape index (κ2) is 10.3. The highest BCUT2D eigenvalue weighted by Gasteiger charge is 2.17. The first-order chi connectivity index (χ1) is 14.8. The van der Waals surface area contributed by atoms with Crippen molar-refractivity contribution in [2.45, 2.75) is 12.5 Å². The number of halogens is 1. The van der Waals surface area contributed by atoms with Gasteiger partial charge in [-0.15, -0.1) is 0 Å². The summed E-state index contributed by atoms with van der Waals surface area (Å²) in [6.45, 7) is 0.159. The van der Waals surface area contributed by atoms with Gasteiger partial charge in [-0.2, -0.15) is 0 Å². The Bertz CT molecular complexity index is 1150. The molecule has 31 heavy (non-hydrogen) atoms. The molecule has 0 fully saturated rings. The normalized spacial score (nSPS) is 11.8. The van der Waals surface area contributed by atoms with Crippen molar-refractivity contribution in [3.63, 3.8) is 0 Å². The first-order valence-corrected chi connectivity index (χ1v) is 10.7. The third-order valence-electron chi connectivity index (χ3n) is 4.32. The zero-order chi connectivity index (χ0) is 22.4. The van der Waals surface area contributed by atoms with E-state index in [4.69, 9.17) is 37.6 Å². The lowest BCUT2D eigenvalue weighted by molar-refractivity contribution is -0.117. The lowest BCUT2D eigenvalue weighted by Crippen LogP contribution is -2.37. The van der Waals surface area contributed by atoms with Gasteiger partial charge in [-0.3, -0.25) is 10.2 Å². The van der Waals surface area contributed by atoms with E-state index in [0.717, 1.165) is 17.3 Å². The minimum atomic E-state index is -0.748. The van der Waals surface area contributed by atoms with Gasteiger partial charge in [0, 0.05) is 16.8 Å². The molecule has 0 unspecified atom stereocenters. The van der Waals surface area contributed by atoms with Gasteiger partial charge in [0.2, 0.25) is 5.91 Å². The highest BCUT2D eigenvalue weighted by atomic mass is 35.5. The number of ether oxygens (including phenoxy) is 1. The fraction of sp³-hybridized carbons (Fsp3) is 0.190. The van der Waals surface area contributed by atoms with E-state index in [1.807, 2.05) is 30.3 Å². The molecule has 1 amide bonds. The minimum Gasteiger partial charge on any atom is -0.463 e.